The van der Waals surface area contributed by atoms with Crippen molar-refractivity contribution in [3.05, 3.63) is 108 Å². The zero-order valence-electron chi connectivity index (χ0n) is 31.9. The van der Waals surface area contributed by atoms with Gasteiger partial charge >= 0.3 is 0 Å². The first-order valence-electron chi connectivity index (χ1n) is 17.8. The van der Waals surface area contributed by atoms with E-state index in [9.17, 15) is 4.79 Å². The molecule has 270 valence electrons. The van der Waals surface area contributed by atoms with Gasteiger partial charge in [-0.15, -0.1) is 5.73 Å². The lowest BCUT2D eigenvalue weighted by Crippen LogP contribution is -2.33. The van der Waals surface area contributed by atoms with Gasteiger partial charge < -0.3 is 20.4 Å². The van der Waals surface area contributed by atoms with Crippen LogP contribution in [0.4, 0.5) is 5.69 Å². The first-order valence-corrected chi connectivity index (χ1v) is 17.8. The molecule has 1 amide bonds. The first kappa shape index (κ1) is 44.1. The number of anilines is 1. The number of allylic oxidation sites excluding steroid dienone is 9. The Kier molecular flexibility index (Phi) is 24.9. The summed E-state index contributed by atoms with van der Waals surface area (Å²) in [5.41, 5.74) is 9.71. The Morgan fingerprint density at radius 1 is 1.10 bits per heavy atom. The fourth-order valence-corrected chi connectivity index (χ4v) is 4.64. The molecule has 2 heterocycles. The summed E-state index contributed by atoms with van der Waals surface area (Å²) in [5, 5.41) is 6.41. The number of nitrogens with one attached hydrogen (secondary N) is 2. The van der Waals surface area contributed by atoms with Crippen molar-refractivity contribution in [2.24, 2.45) is 5.92 Å². The molecule has 1 aliphatic rings. The first-order chi connectivity index (χ1) is 23.0. The highest BCUT2D eigenvalue weighted by atomic mass is 16.1. The van der Waals surface area contributed by atoms with Crippen LogP contribution in [0.2, 0.25) is 0 Å². The Balaban J connectivity index is -0.000000867. The molecule has 1 saturated heterocycles. The van der Waals surface area contributed by atoms with Gasteiger partial charge in [-0.25, -0.2) is 0 Å². The van der Waals surface area contributed by atoms with E-state index < -0.39 is 0 Å². The average Bonchev–Trinajstić information content (AvgIpc) is 3.19. The molecule has 0 radical (unpaired) electrons. The van der Waals surface area contributed by atoms with Crippen LogP contribution >= 0.6 is 0 Å². The SMILES string of the molecule is C=C=C(NCCN1CCCCCCCC1)c1cnc(C)c(NC(=O)C(C)C)c1.C=C\C=C/C(=C\C(C)=C/C)C(/C=C)=C/N(C)C.CCC.[HH].[HH]. The topological polar surface area (TPSA) is 60.5 Å². The second-order valence-corrected chi connectivity index (χ2v) is 12.6. The second-order valence-electron chi connectivity index (χ2n) is 12.6. The molecule has 1 aromatic heterocycles. The molecule has 0 aromatic carbocycles. The summed E-state index contributed by atoms with van der Waals surface area (Å²) in [7, 11) is 4.00. The van der Waals surface area contributed by atoms with Crippen LogP contribution in [0.25, 0.3) is 5.70 Å². The van der Waals surface area contributed by atoms with Crippen molar-refractivity contribution in [1.82, 2.24) is 20.1 Å². The van der Waals surface area contributed by atoms with Gasteiger partial charge in [-0.2, -0.15) is 0 Å². The van der Waals surface area contributed by atoms with Gasteiger partial charge in [0, 0.05) is 53.9 Å². The van der Waals surface area contributed by atoms with Crippen LogP contribution in [0.1, 0.15) is 101 Å². The van der Waals surface area contributed by atoms with Crippen molar-refractivity contribution < 1.29 is 7.65 Å². The molecular weight excluding hydrogens is 590 g/mol. The Labute approximate surface area is 297 Å². The molecule has 2 rings (SSSR count). The summed E-state index contributed by atoms with van der Waals surface area (Å²) in [5.74, 6) is -0.0789. The molecule has 0 spiro atoms. The summed E-state index contributed by atoms with van der Waals surface area (Å²) in [6.45, 7) is 29.6. The Hall–Kier alpha value is -3.86. The molecule has 0 aliphatic carbocycles. The zero-order chi connectivity index (χ0) is 36.3. The lowest BCUT2D eigenvalue weighted by Gasteiger charge is -2.22. The maximum atomic E-state index is 12.0. The van der Waals surface area contributed by atoms with Crippen molar-refractivity contribution >= 4 is 17.3 Å². The monoisotopic (exact) mass is 662 g/mol. The standard InChI is InChI=1S/C23H36N4O.C16H23N.C3H8.2H2/c1-5-21(24-12-15-27-13-10-8-6-7-9-11-14-27)20-16-22(19(4)25-17-20)26-23(28)18(2)3;1-7-10-11-16(12-14(4)8-2)15(9-3)13-17(5)6;1-3-2;;/h16-18,24H,1,6-15H2,2-4H3,(H,26,28);7-13H,1,3H2,2,4-6H3;3H2,1-2H3;2*1H/b;11-10-,14-8-,15-13+,16-12+;;;. The van der Waals surface area contributed by atoms with Gasteiger partial charge in [0.15, 0.2) is 0 Å². The van der Waals surface area contributed by atoms with Gasteiger partial charge in [0.05, 0.1) is 17.1 Å². The maximum absolute atomic E-state index is 12.0. The number of nitrogens with zero attached hydrogens (tertiary/aromatic N) is 3. The summed E-state index contributed by atoms with van der Waals surface area (Å²) in [6, 6.07) is 1.95. The highest BCUT2D eigenvalue weighted by Crippen LogP contribution is 2.20. The van der Waals surface area contributed by atoms with E-state index >= 15 is 0 Å². The molecule has 6 heteroatoms. The lowest BCUT2D eigenvalue weighted by molar-refractivity contribution is -0.118. The van der Waals surface area contributed by atoms with E-state index in [0.717, 1.165) is 46.9 Å². The van der Waals surface area contributed by atoms with E-state index in [1.54, 1.807) is 12.3 Å². The Morgan fingerprint density at radius 2 is 1.71 bits per heavy atom. The van der Waals surface area contributed by atoms with Crippen LogP contribution in [0.5, 0.6) is 0 Å². The molecule has 0 unspecified atom stereocenters. The van der Waals surface area contributed by atoms with Crippen molar-refractivity contribution in [3.8, 4) is 0 Å². The largest absolute Gasteiger partial charge is 0.383 e. The Morgan fingerprint density at radius 3 is 2.21 bits per heavy atom. The molecule has 48 heavy (non-hydrogen) atoms. The fraction of sp³-hybridized carbons (Fsp3) is 0.500. The summed E-state index contributed by atoms with van der Waals surface area (Å²) < 4.78 is 0. The number of aromatic nitrogens is 1. The van der Waals surface area contributed by atoms with E-state index in [1.165, 1.54) is 63.6 Å². The van der Waals surface area contributed by atoms with Crippen LogP contribution in [0.3, 0.4) is 0 Å². The van der Waals surface area contributed by atoms with Gasteiger partial charge in [0.25, 0.3) is 0 Å². The predicted octanol–water partition coefficient (Wildman–Crippen LogP) is 10.5. The van der Waals surface area contributed by atoms with Gasteiger partial charge in [-0.3, -0.25) is 9.78 Å². The number of hydrogen-bond donors (Lipinski definition) is 2. The number of hydrogen-bond acceptors (Lipinski definition) is 5. The molecule has 0 atom stereocenters. The fourth-order valence-electron chi connectivity index (χ4n) is 4.64. The maximum Gasteiger partial charge on any atom is 0.226 e. The molecule has 1 aliphatic heterocycles. The minimum atomic E-state index is -0.0716. The van der Waals surface area contributed by atoms with E-state index in [-0.39, 0.29) is 14.7 Å². The third-order valence-corrected chi connectivity index (χ3v) is 7.46. The van der Waals surface area contributed by atoms with E-state index in [2.05, 4.69) is 85.1 Å². The number of aryl methyl sites for hydroxylation is 1. The van der Waals surface area contributed by atoms with Crippen molar-refractivity contribution in [2.75, 3.05) is 45.6 Å². The zero-order valence-corrected chi connectivity index (χ0v) is 31.9. The van der Waals surface area contributed by atoms with Gasteiger partial charge in [-0.1, -0.05) is 122 Å². The number of carbonyl (C=O) groups excluding carboxylic acids is 1. The third-order valence-electron chi connectivity index (χ3n) is 7.46. The normalized spacial score (nSPS) is 14.6. The quantitative estimate of drug-likeness (QED) is 0.163. The minimum absolute atomic E-state index is 0. The van der Waals surface area contributed by atoms with Crippen LogP contribution in [-0.2, 0) is 4.79 Å². The van der Waals surface area contributed by atoms with Crippen molar-refractivity contribution in [1.29, 1.82) is 0 Å². The van der Waals surface area contributed by atoms with Gasteiger partial charge in [-0.05, 0) is 63.9 Å². The van der Waals surface area contributed by atoms with Crippen molar-refractivity contribution in [2.45, 2.75) is 93.4 Å². The number of amides is 1. The smallest absolute Gasteiger partial charge is 0.226 e. The number of carbonyl (C=O) groups is 1. The van der Waals surface area contributed by atoms with Crippen LogP contribution in [-0.4, -0.2) is 61.0 Å². The van der Waals surface area contributed by atoms with Crippen LogP contribution in [0.15, 0.2) is 97.1 Å². The predicted molar refractivity (Wildman–Crippen MR) is 216 cm³/mol. The summed E-state index contributed by atoms with van der Waals surface area (Å²) in [4.78, 5) is 21.0. The van der Waals surface area contributed by atoms with Crippen molar-refractivity contribution in [3.63, 3.8) is 0 Å². The average molecular weight is 662 g/mol. The van der Waals surface area contributed by atoms with Crippen LogP contribution in [0, 0.1) is 12.8 Å². The highest BCUT2D eigenvalue weighted by molar-refractivity contribution is 5.93. The molecular formula is C42H71N5O. The third kappa shape index (κ3) is 19.7. The molecule has 6 nitrogen and oxygen atoms in total. The minimum Gasteiger partial charge on any atom is -0.383 e. The second kappa shape index (κ2) is 27.1. The molecule has 0 bridgehead atoms. The number of rotatable bonds is 13. The lowest BCUT2D eigenvalue weighted by atomic mass is 10.0. The molecule has 1 aromatic rings. The number of pyridine rings is 1. The van der Waals surface area contributed by atoms with E-state index in [0.29, 0.717) is 0 Å². The summed E-state index contributed by atoms with van der Waals surface area (Å²) >= 11 is 0. The van der Waals surface area contributed by atoms with E-state index in [4.69, 9.17) is 0 Å². The summed E-state index contributed by atoms with van der Waals surface area (Å²) in [6.07, 6.45) is 25.0. The molecule has 0 saturated carbocycles. The molecule has 1 fully saturated rings. The van der Waals surface area contributed by atoms with Gasteiger partial charge in [0.2, 0.25) is 5.91 Å². The molecule has 2 N–H and O–H groups in total. The van der Waals surface area contributed by atoms with E-state index in [1.807, 2.05) is 71.0 Å². The van der Waals surface area contributed by atoms with Crippen LogP contribution < -0.4 is 10.6 Å². The van der Waals surface area contributed by atoms with Gasteiger partial charge in [0.1, 0.15) is 0 Å². The highest BCUT2D eigenvalue weighted by Gasteiger charge is 2.12. The Bertz CT molecular complexity index is 1280.